The van der Waals surface area contributed by atoms with Crippen LogP contribution in [0.4, 0.5) is 5.69 Å². The summed E-state index contributed by atoms with van der Waals surface area (Å²) in [4.78, 5) is 42.6. The molecular formula is C46H53Cl3N3O7S2+. The Bertz CT molecular complexity index is 2720. The van der Waals surface area contributed by atoms with Crippen molar-refractivity contribution in [3.8, 4) is 11.5 Å². The molecule has 3 aliphatic rings. The predicted molar refractivity (Wildman–Crippen MR) is 249 cm³/mol. The van der Waals surface area contributed by atoms with Gasteiger partial charge in [0.25, 0.3) is 10.1 Å². The number of carbonyl (C=O) groups excluding carboxylic acids is 3. The molecule has 0 spiro atoms. The van der Waals surface area contributed by atoms with E-state index in [1.807, 2.05) is 85.3 Å². The minimum Gasteiger partial charge on any atom is -0.456 e. The van der Waals surface area contributed by atoms with Gasteiger partial charge in [-0.2, -0.15) is 8.42 Å². The van der Waals surface area contributed by atoms with Gasteiger partial charge in [0, 0.05) is 76.0 Å². The van der Waals surface area contributed by atoms with Gasteiger partial charge >= 0.3 is 0 Å². The van der Waals surface area contributed by atoms with Crippen LogP contribution in [0.5, 0.6) is 11.5 Å². The highest BCUT2D eigenvalue weighted by Gasteiger charge is 2.38. The predicted octanol–water partition coefficient (Wildman–Crippen LogP) is 9.01. The third-order valence-corrected chi connectivity index (χ3v) is 15.1. The first-order chi connectivity index (χ1) is 28.2. The number of nitrogens with zero attached hydrogens (tertiary/aromatic N) is 2. The van der Waals surface area contributed by atoms with Crippen LogP contribution in [0.25, 0.3) is 16.7 Å². The van der Waals surface area contributed by atoms with Gasteiger partial charge in [-0.1, -0.05) is 81.4 Å². The third-order valence-electron chi connectivity index (χ3n) is 11.9. The number of ketones is 1. The van der Waals surface area contributed by atoms with Crippen molar-refractivity contribution in [3.05, 3.63) is 89.9 Å². The number of fused-ring (bicyclic) bond motifs is 4. The number of hydrogen-bond acceptors (Lipinski definition) is 8. The molecule has 61 heavy (non-hydrogen) atoms. The maximum Gasteiger partial charge on any atom is 0.269 e. The molecule has 3 aromatic rings. The molecular weight excluding hydrogens is 877 g/mol. The van der Waals surface area contributed by atoms with Gasteiger partial charge in [0.1, 0.15) is 24.3 Å². The first kappa shape index (κ1) is 46.8. The SMILES string of the molecule is CCCCC(NC(=O)CSc1c(Cl)c(Cl)c(C=O)c(C2=c3cc4c(cc3Oc3cc5c(cc32)C(C)=CC(C)(C)N5C)=[N+](C)C(C)(C)C=C4CS(=O)(=O)O)c1Cl)C(=O)C(C)(C)C. The number of Topliss-reactive ketones (excluding diaryl/α,β-unsaturated/α-hetero) is 1. The summed E-state index contributed by atoms with van der Waals surface area (Å²) >= 11 is 22.4. The van der Waals surface area contributed by atoms with Crippen molar-refractivity contribution in [2.75, 3.05) is 30.5 Å². The number of benzene rings is 3. The quantitative estimate of drug-likeness (QED) is 0.0470. The van der Waals surface area contributed by atoms with Crippen molar-refractivity contribution >= 4 is 97.1 Å². The second-order valence-corrected chi connectivity index (χ2v) is 21.8. The number of unbranched alkanes of at least 4 members (excludes halogenated alkanes) is 1. The lowest BCUT2D eigenvalue weighted by Crippen LogP contribution is -2.47. The van der Waals surface area contributed by atoms with Crippen LogP contribution in [0.1, 0.15) is 114 Å². The lowest BCUT2D eigenvalue weighted by Gasteiger charge is -2.41. The molecule has 3 aliphatic heterocycles. The molecule has 3 aromatic carbocycles. The summed E-state index contributed by atoms with van der Waals surface area (Å²) in [7, 11) is -0.561. The Hall–Kier alpha value is -3.65. The van der Waals surface area contributed by atoms with Gasteiger partial charge in [0.2, 0.25) is 11.3 Å². The fourth-order valence-electron chi connectivity index (χ4n) is 8.31. The second-order valence-electron chi connectivity index (χ2n) is 18.2. The van der Waals surface area contributed by atoms with Crippen LogP contribution in [0.15, 0.2) is 41.3 Å². The highest BCUT2D eigenvalue weighted by Crippen LogP contribution is 2.51. The number of allylic oxidation sites excluding steroid dienone is 1. The van der Waals surface area contributed by atoms with Crippen LogP contribution in [-0.2, 0) is 19.7 Å². The molecule has 1 unspecified atom stereocenters. The van der Waals surface area contributed by atoms with Gasteiger partial charge in [-0.3, -0.25) is 18.9 Å². The van der Waals surface area contributed by atoms with Crippen LogP contribution >= 0.6 is 46.6 Å². The number of halogens is 3. The zero-order chi connectivity index (χ0) is 45.3. The van der Waals surface area contributed by atoms with E-state index in [2.05, 4.69) is 30.1 Å². The van der Waals surface area contributed by atoms with Crippen molar-refractivity contribution in [1.29, 1.82) is 0 Å². The molecule has 0 bridgehead atoms. The van der Waals surface area contributed by atoms with E-state index in [0.717, 1.165) is 41.4 Å². The van der Waals surface area contributed by atoms with Crippen LogP contribution in [0.2, 0.25) is 15.1 Å². The van der Waals surface area contributed by atoms with Crippen LogP contribution in [0, 0.1) is 5.41 Å². The number of rotatable bonds is 12. The highest BCUT2D eigenvalue weighted by atomic mass is 35.5. The lowest BCUT2D eigenvalue weighted by atomic mass is 9.83. The minimum absolute atomic E-state index is 0.00239. The van der Waals surface area contributed by atoms with Crippen molar-refractivity contribution in [2.24, 2.45) is 5.41 Å². The van der Waals surface area contributed by atoms with E-state index in [1.165, 1.54) is 0 Å². The summed E-state index contributed by atoms with van der Waals surface area (Å²) in [6.07, 6.45) is 6.67. The van der Waals surface area contributed by atoms with Crippen LogP contribution in [0.3, 0.4) is 0 Å². The van der Waals surface area contributed by atoms with Gasteiger partial charge < -0.3 is 15.0 Å². The molecule has 326 valence electrons. The maximum absolute atomic E-state index is 13.6. The zero-order valence-corrected chi connectivity index (χ0v) is 40.3. The molecule has 10 nitrogen and oxygen atoms in total. The summed E-state index contributed by atoms with van der Waals surface area (Å²) < 4.78 is 43.8. The number of hydrogen-bond donors (Lipinski definition) is 2. The molecule has 0 fully saturated rings. The maximum atomic E-state index is 13.6. The van der Waals surface area contributed by atoms with E-state index >= 15 is 0 Å². The highest BCUT2D eigenvalue weighted by molar-refractivity contribution is 8.00. The topological polar surface area (TPSA) is 133 Å². The number of likely N-dealkylation sites (N-methyl/N-ethyl adjacent to an activating group) is 2. The second kappa shape index (κ2) is 16.8. The molecule has 6 rings (SSSR count). The summed E-state index contributed by atoms with van der Waals surface area (Å²) in [5, 5.41) is 4.02. The van der Waals surface area contributed by atoms with E-state index in [9.17, 15) is 27.4 Å². The van der Waals surface area contributed by atoms with Gasteiger partial charge in [0.15, 0.2) is 17.6 Å². The Morgan fingerprint density at radius 2 is 1.67 bits per heavy atom. The summed E-state index contributed by atoms with van der Waals surface area (Å²) in [6.45, 7) is 17.6. The number of nitrogens with one attached hydrogen (secondary N) is 1. The number of amides is 1. The Morgan fingerprint density at radius 1 is 1.00 bits per heavy atom. The molecule has 1 atom stereocenters. The fraction of sp³-hybridized carbons (Fsp3) is 0.435. The zero-order valence-electron chi connectivity index (χ0n) is 36.4. The number of anilines is 1. The minimum atomic E-state index is -4.46. The number of aldehydes is 1. The van der Waals surface area contributed by atoms with E-state index in [4.69, 9.17) is 39.5 Å². The molecule has 3 heterocycles. The summed E-state index contributed by atoms with van der Waals surface area (Å²) in [5.41, 5.74) is 3.39. The number of thioether (sulfide) groups is 1. The number of carbonyl (C=O) groups is 3. The van der Waals surface area contributed by atoms with E-state index < -0.39 is 38.8 Å². The Morgan fingerprint density at radius 3 is 2.28 bits per heavy atom. The van der Waals surface area contributed by atoms with Crippen LogP contribution < -0.4 is 30.1 Å². The van der Waals surface area contributed by atoms with Crippen molar-refractivity contribution < 1.29 is 32.1 Å². The molecule has 15 heteroatoms. The van der Waals surface area contributed by atoms with Gasteiger partial charge in [-0.25, -0.2) is 4.58 Å². The average molecular weight is 930 g/mol. The van der Waals surface area contributed by atoms with Crippen molar-refractivity contribution in [1.82, 2.24) is 9.89 Å². The summed E-state index contributed by atoms with van der Waals surface area (Å²) in [6, 6.07) is 6.89. The third kappa shape index (κ3) is 8.95. The van der Waals surface area contributed by atoms with E-state index in [-0.39, 0.29) is 48.2 Å². The number of ether oxygens (including phenoxy) is 1. The first-order valence-electron chi connectivity index (χ1n) is 20.1. The molecule has 0 saturated carbocycles. The van der Waals surface area contributed by atoms with Gasteiger partial charge in [0.05, 0.1) is 44.0 Å². The summed E-state index contributed by atoms with van der Waals surface area (Å²) in [5.74, 6) is -0.410. The van der Waals surface area contributed by atoms with Crippen LogP contribution in [-0.4, -0.2) is 73.7 Å². The van der Waals surface area contributed by atoms with E-state index in [0.29, 0.717) is 57.1 Å². The molecule has 0 aromatic heterocycles. The largest absolute Gasteiger partial charge is 0.456 e. The Labute approximate surface area is 377 Å². The molecule has 2 N–H and O–H groups in total. The van der Waals surface area contributed by atoms with Crippen molar-refractivity contribution in [3.63, 3.8) is 0 Å². The average Bonchev–Trinajstić information content (AvgIpc) is 3.15. The molecule has 0 radical (unpaired) electrons. The van der Waals surface area contributed by atoms with E-state index in [1.54, 1.807) is 12.1 Å². The Balaban J connectivity index is 1.64. The fourth-order valence-corrected chi connectivity index (χ4v) is 10.9. The molecule has 1 amide bonds. The van der Waals surface area contributed by atoms with Gasteiger partial charge in [-0.15, -0.1) is 11.8 Å². The smallest absolute Gasteiger partial charge is 0.269 e. The Kier molecular flexibility index (Phi) is 12.9. The molecule has 0 saturated heterocycles. The monoisotopic (exact) mass is 928 g/mol. The first-order valence-corrected chi connectivity index (χ1v) is 23.8. The lowest BCUT2D eigenvalue weighted by molar-refractivity contribution is -0.131. The standard InChI is InChI=1S/C46H52Cl3N3O7S2/c1-12-13-14-31(43(55)44(3,4)5)50-36(54)22-60-42-40(48)38(30(21-53)39(47)41(42)49)37-28-15-26-24(2)19-45(6,7)51(10)32(26)17-34(28)59-35-18-33-27(16-29(35)37)25(23-61(56,57)58)20-46(8,9)52(33)11/h15-21,31H,12-14,22-23H2,1-11H3,(H-,50,54,56,57,58)/p+1. The normalized spacial score (nSPS) is 16.9. The van der Waals surface area contributed by atoms with Gasteiger partial charge in [-0.05, 0) is 56.5 Å². The molecule has 0 aliphatic carbocycles. The van der Waals surface area contributed by atoms with Crippen molar-refractivity contribution in [2.45, 2.75) is 104 Å².